The van der Waals surface area contributed by atoms with Gasteiger partial charge >= 0.3 is 0 Å². The Morgan fingerprint density at radius 2 is 1.86 bits per heavy atom. The van der Waals surface area contributed by atoms with Gasteiger partial charge in [0.05, 0.1) is 12.2 Å². The van der Waals surface area contributed by atoms with Gasteiger partial charge in [-0.05, 0) is 36.6 Å². The van der Waals surface area contributed by atoms with Crippen LogP contribution >= 0.6 is 0 Å². The SMILES string of the molecule is O=C(C1Cc2ccccc2O1)N1CCC(c2nccn2Cc2ccccn2)CC1. The van der Waals surface area contributed by atoms with E-state index in [0.29, 0.717) is 12.3 Å². The molecule has 2 aliphatic heterocycles. The molecule has 29 heavy (non-hydrogen) atoms. The standard InChI is InChI=1S/C23H24N4O2/c28-23(21-15-18-5-1-2-7-20(18)29-21)26-12-8-17(9-13-26)22-25-11-14-27(22)16-19-6-3-4-10-24-19/h1-7,10-11,14,17,21H,8-9,12-13,15-16H2. The van der Waals surface area contributed by atoms with Crippen LogP contribution in [0.15, 0.2) is 61.1 Å². The van der Waals surface area contributed by atoms with Gasteiger partial charge in [-0.15, -0.1) is 0 Å². The first-order valence-electron chi connectivity index (χ1n) is 10.2. The molecular weight excluding hydrogens is 364 g/mol. The third-order valence-corrected chi connectivity index (χ3v) is 5.90. The molecule has 6 nitrogen and oxygen atoms in total. The Labute approximate surface area is 170 Å². The molecule has 1 saturated heterocycles. The predicted molar refractivity (Wildman–Crippen MR) is 109 cm³/mol. The Morgan fingerprint density at radius 3 is 2.66 bits per heavy atom. The minimum absolute atomic E-state index is 0.108. The maximum atomic E-state index is 12.9. The molecule has 1 aromatic carbocycles. The normalized spacial score (nSPS) is 19.0. The van der Waals surface area contributed by atoms with E-state index < -0.39 is 0 Å². The Balaban J connectivity index is 1.21. The molecule has 1 atom stereocenters. The first kappa shape index (κ1) is 17.9. The number of aromatic nitrogens is 3. The summed E-state index contributed by atoms with van der Waals surface area (Å²) >= 11 is 0. The summed E-state index contributed by atoms with van der Waals surface area (Å²) in [5.74, 6) is 2.40. The lowest BCUT2D eigenvalue weighted by Gasteiger charge is -2.33. The molecule has 0 saturated carbocycles. The molecule has 0 spiro atoms. The zero-order chi connectivity index (χ0) is 19.6. The van der Waals surface area contributed by atoms with Crippen LogP contribution in [0.1, 0.15) is 35.8 Å². The third-order valence-electron chi connectivity index (χ3n) is 5.90. The fraction of sp³-hybridized carbons (Fsp3) is 0.348. The number of hydrogen-bond acceptors (Lipinski definition) is 4. The number of nitrogens with zero attached hydrogens (tertiary/aromatic N) is 4. The first-order valence-corrected chi connectivity index (χ1v) is 10.2. The highest BCUT2D eigenvalue weighted by atomic mass is 16.5. The van der Waals surface area contributed by atoms with Crippen LogP contribution in [-0.2, 0) is 17.8 Å². The molecule has 6 heteroatoms. The first-order chi connectivity index (χ1) is 14.3. The number of ether oxygens (including phenoxy) is 1. The second-order valence-corrected chi connectivity index (χ2v) is 7.75. The summed E-state index contributed by atoms with van der Waals surface area (Å²) in [6.07, 6.45) is 7.83. The van der Waals surface area contributed by atoms with Gasteiger partial charge in [0.2, 0.25) is 0 Å². The number of carbonyl (C=O) groups excluding carboxylic acids is 1. The highest BCUT2D eigenvalue weighted by Crippen LogP contribution is 2.31. The number of para-hydroxylation sites is 1. The monoisotopic (exact) mass is 388 g/mol. The molecular formula is C23H24N4O2. The molecule has 2 aliphatic rings. The average molecular weight is 388 g/mol. The number of pyridine rings is 1. The lowest BCUT2D eigenvalue weighted by Crippen LogP contribution is -2.45. The van der Waals surface area contributed by atoms with Crippen LogP contribution in [0.4, 0.5) is 0 Å². The van der Waals surface area contributed by atoms with Crippen molar-refractivity contribution in [2.45, 2.75) is 37.8 Å². The number of carbonyl (C=O) groups is 1. The van der Waals surface area contributed by atoms with Gasteiger partial charge in [-0.2, -0.15) is 0 Å². The van der Waals surface area contributed by atoms with Gasteiger partial charge in [-0.1, -0.05) is 24.3 Å². The van der Waals surface area contributed by atoms with Crippen molar-refractivity contribution in [3.8, 4) is 5.75 Å². The maximum absolute atomic E-state index is 12.9. The molecule has 0 aliphatic carbocycles. The number of fused-ring (bicyclic) bond motifs is 1. The van der Waals surface area contributed by atoms with E-state index in [-0.39, 0.29) is 12.0 Å². The van der Waals surface area contributed by atoms with Crippen molar-refractivity contribution >= 4 is 5.91 Å². The van der Waals surface area contributed by atoms with E-state index in [1.165, 1.54) is 0 Å². The van der Waals surface area contributed by atoms with Crippen LogP contribution in [0.5, 0.6) is 5.75 Å². The number of hydrogen-bond donors (Lipinski definition) is 0. The molecule has 0 radical (unpaired) electrons. The fourth-order valence-electron chi connectivity index (χ4n) is 4.36. The molecule has 1 fully saturated rings. The Hall–Kier alpha value is -3.15. The zero-order valence-electron chi connectivity index (χ0n) is 16.3. The van der Waals surface area contributed by atoms with Gasteiger partial charge in [0.15, 0.2) is 6.10 Å². The van der Waals surface area contributed by atoms with E-state index in [0.717, 1.165) is 55.3 Å². The van der Waals surface area contributed by atoms with Crippen molar-refractivity contribution < 1.29 is 9.53 Å². The van der Waals surface area contributed by atoms with E-state index in [4.69, 9.17) is 4.74 Å². The average Bonchev–Trinajstić information content (AvgIpc) is 3.41. The lowest BCUT2D eigenvalue weighted by atomic mass is 9.95. The number of benzene rings is 1. The van der Waals surface area contributed by atoms with Crippen LogP contribution in [0.2, 0.25) is 0 Å². The summed E-state index contributed by atoms with van der Waals surface area (Å²) in [5, 5.41) is 0. The van der Waals surface area contributed by atoms with Crippen LogP contribution in [-0.4, -0.2) is 44.5 Å². The van der Waals surface area contributed by atoms with Gasteiger partial charge < -0.3 is 14.2 Å². The summed E-state index contributed by atoms with van der Waals surface area (Å²) in [6, 6.07) is 13.9. The topological polar surface area (TPSA) is 60.2 Å². The molecule has 0 N–H and O–H groups in total. The summed E-state index contributed by atoms with van der Waals surface area (Å²) in [4.78, 5) is 23.9. The molecule has 4 heterocycles. The van der Waals surface area contributed by atoms with Crippen molar-refractivity contribution in [3.63, 3.8) is 0 Å². The Bertz CT molecular complexity index is 968. The smallest absolute Gasteiger partial charge is 0.263 e. The molecule has 2 aromatic heterocycles. The lowest BCUT2D eigenvalue weighted by molar-refractivity contribution is -0.139. The van der Waals surface area contributed by atoms with E-state index in [9.17, 15) is 4.79 Å². The summed E-state index contributed by atoms with van der Waals surface area (Å²) in [5.41, 5.74) is 2.15. The number of rotatable bonds is 4. The van der Waals surface area contributed by atoms with Crippen molar-refractivity contribution in [1.82, 2.24) is 19.4 Å². The number of amides is 1. The largest absolute Gasteiger partial charge is 0.480 e. The number of likely N-dealkylation sites (tertiary alicyclic amines) is 1. The zero-order valence-corrected chi connectivity index (χ0v) is 16.3. The van der Waals surface area contributed by atoms with Gasteiger partial charge in [-0.3, -0.25) is 9.78 Å². The summed E-state index contributed by atoms with van der Waals surface area (Å²) in [7, 11) is 0. The Kier molecular flexibility index (Phi) is 4.76. The van der Waals surface area contributed by atoms with E-state index in [2.05, 4.69) is 14.5 Å². The number of imidazole rings is 1. The van der Waals surface area contributed by atoms with Gasteiger partial charge in [0, 0.05) is 44.0 Å². The van der Waals surface area contributed by atoms with Crippen molar-refractivity contribution in [2.24, 2.45) is 0 Å². The van der Waals surface area contributed by atoms with E-state index in [1.807, 2.05) is 66.0 Å². The quantitative estimate of drug-likeness (QED) is 0.689. The van der Waals surface area contributed by atoms with Crippen molar-refractivity contribution in [1.29, 1.82) is 0 Å². The molecule has 5 rings (SSSR count). The summed E-state index contributed by atoms with van der Waals surface area (Å²) in [6.45, 7) is 2.22. The molecule has 1 unspecified atom stereocenters. The highest BCUT2D eigenvalue weighted by molar-refractivity contribution is 5.82. The fourth-order valence-corrected chi connectivity index (χ4v) is 4.36. The van der Waals surface area contributed by atoms with Crippen LogP contribution in [0.3, 0.4) is 0 Å². The minimum atomic E-state index is -0.380. The minimum Gasteiger partial charge on any atom is -0.480 e. The van der Waals surface area contributed by atoms with E-state index >= 15 is 0 Å². The van der Waals surface area contributed by atoms with Gasteiger partial charge in [0.25, 0.3) is 5.91 Å². The van der Waals surface area contributed by atoms with Crippen molar-refractivity contribution in [2.75, 3.05) is 13.1 Å². The van der Waals surface area contributed by atoms with Gasteiger partial charge in [0.1, 0.15) is 11.6 Å². The van der Waals surface area contributed by atoms with Gasteiger partial charge in [-0.25, -0.2) is 4.98 Å². The molecule has 0 bridgehead atoms. The third kappa shape index (κ3) is 3.62. The second kappa shape index (κ2) is 7.70. The van der Waals surface area contributed by atoms with Crippen LogP contribution in [0.25, 0.3) is 0 Å². The van der Waals surface area contributed by atoms with Crippen LogP contribution in [0, 0.1) is 0 Å². The predicted octanol–water partition coefficient (Wildman–Crippen LogP) is 3.04. The molecule has 3 aromatic rings. The summed E-state index contributed by atoms with van der Waals surface area (Å²) < 4.78 is 8.07. The molecule has 1 amide bonds. The van der Waals surface area contributed by atoms with Crippen molar-refractivity contribution in [3.05, 3.63) is 78.1 Å². The molecule has 148 valence electrons. The number of piperidine rings is 1. The van der Waals surface area contributed by atoms with Crippen LogP contribution < -0.4 is 4.74 Å². The maximum Gasteiger partial charge on any atom is 0.263 e. The highest BCUT2D eigenvalue weighted by Gasteiger charge is 2.34. The second-order valence-electron chi connectivity index (χ2n) is 7.75. The van der Waals surface area contributed by atoms with E-state index in [1.54, 1.807) is 0 Å². The Morgan fingerprint density at radius 1 is 1.03 bits per heavy atom.